The van der Waals surface area contributed by atoms with Crippen LogP contribution >= 0.6 is 22.9 Å². The topological polar surface area (TPSA) is 95.6 Å². The Morgan fingerprint density at radius 2 is 1.72 bits per heavy atom. The molecule has 7 nitrogen and oxygen atoms in total. The molecular formula is C19H24ClN3O4S2. The van der Waals surface area contributed by atoms with E-state index in [9.17, 15) is 18.0 Å². The molecule has 0 aliphatic carbocycles. The monoisotopic (exact) mass is 457 g/mol. The molecule has 158 valence electrons. The first-order valence-corrected chi connectivity index (χ1v) is 11.5. The van der Waals surface area contributed by atoms with Crippen LogP contribution in [0.3, 0.4) is 0 Å². The van der Waals surface area contributed by atoms with Gasteiger partial charge in [0, 0.05) is 29.6 Å². The number of hydrogen-bond donors (Lipinski definition) is 2. The number of nitrogens with zero attached hydrogens (tertiary/aromatic N) is 1. The molecule has 0 saturated carbocycles. The predicted molar refractivity (Wildman–Crippen MR) is 115 cm³/mol. The smallest absolute Gasteiger partial charge is 0.252 e. The van der Waals surface area contributed by atoms with Crippen molar-refractivity contribution < 1.29 is 18.0 Å². The fraction of sp³-hybridized carbons (Fsp3) is 0.368. The average Bonchev–Trinajstić information content (AvgIpc) is 3.14. The second kappa shape index (κ2) is 9.71. The van der Waals surface area contributed by atoms with Gasteiger partial charge in [-0.25, -0.2) is 12.7 Å². The van der Waals surface area contributed by atoms with E-state index in [4.69, 9.17) is 11.6 Å². The number of thiophene rings is 1. The molecule has 0 bridgehead atoms. The molecule has 2 N–H and O–H groups in total. The summed E-state index contributed by atoms with van der Waals surface area (Å²) < 4.78 is 25.7. The number of nitrogens with one attached hydrogen (secondary N) is 2. The quantitative estimate of drug-likeness (QED) is 0.637. The van der Waals surface area contributed by atoms with Crippen LogP contribution in [0.4, 0.5) is 0 Å². The molecule has 10 heteroatoms. The van der Waals surface area contributed by atoms with Crippen LogP contribution in [0.25, 0.3) is 0 Å². The van der Waals surface area contributed by atoms with Crippen molar-refractivity contribution in [2.24, 2.45) is 5.92 Å². The van der Waals surface area contributed by atoms with Crippen LogP contribution in [0.15, 0.2) is 40.6 Å². The second-order valence-electron chi connectivity index (χ2n) is 6.93. The predicted octanol–water partition coefficient (Wildman–Crippen LogP) is 2.72. The third-order valence-electron chi connectivity index (χ3n) is 4.15. The average molecular weight is 458 g/mol. The fourth-order valence-corrected chi connectivity index (χ4v) is 5.01. The van der Waals surface area contributed by atoms with Crippen molar-refractivity contribution in [1.82, 2.24) is 14.9 Å². The summed E-state index contributed by atoms with van der Waals surface area (Å²) in [6, 6.07) is 8.84. The number of hydrogen-bond acceptors (Lipinski definition) is 5. The highest BCUT2D eigenvalue weighted by molar-refractivity contribution is 7.91. The summed E-state index contributed by atoms with van der Waals surface area (Å²) in [5, 5.41) is 6.03. The minimum atomic E-state index is -3.50. The van der Waals surface area contributed by atoms with Gasteiger partial charge in [-0.3, -0.25) is 9.59 Å². The van der Waals surface area contributed by atoms with E-state index in [1.807, 2.05) is 13.8 Å². The summed E-state index contributed by atoms with van der Waals surface area (Å²) in [5.41, 5.74) is 0.407. The number of amides is 2. The largest absolute Gasteiger partial charge is 0.349 e. The molecule has 0 radical (unpaired) electrons. The van der Waals surface area contributed by atoms with Gasteiger partial charge in [-0.1, -0.05) is 25.4 Å². The van der Waals surface area contributed by atoms with Crippen molar-refractivity contribution in [3.8, 4) is 0 Å². The lowest BCUT2D eigenvalue weighted by Gasteiger charge is -2.21. The van der Waals surface area contributed by atoms with Crippen molar-refractivity contribution in [1.29, 1.82) is 0 Å². The van der Waals surface area contributed by atoms with Crippen molar-refractivity contribution in [3.63, 3.8) is 0 Å². The molecule has 0 spiro atoms. The summed E-state index contributed by atoms with van der Waals surface area (Å²) in [6.07, 6.45) is 0. The van der Waals surface area contributed by atoms with Crippen LogP contribution in [0.5, 0.6) is 0 Å². The lowest BCUT2D eigenvalue weighted by Crippen LogP contribution is -2.49. The molecule has 0 aliphatic heterocycles. The van der Waals surface area contributed by atoms with E-state index < -0.39 is 16.1 Å². The first kappa shape index (κ1) is 23.3. The van der Waals surface area contributed by atoms with Crippen LogP contribution in [0.1, 0.15) is 29.1 Å². The molecule has 1 atom stereocenters. The lowest BCUT2D eigenvalue weighted by atomic mass is 10.0. The van der Waals surface area contributed by atoms with Gasteiger partial charge in [0.05, 0.1) is 6.54 Å². The Kier molecular flexibility index (Phi) is 7.81. The number of carbonyl (C=O) groups is 2. The molecule has 0 fully saturated rings. The van der Waals surface area contributed by atoms with Gasteiger partial charge in [0.1, 0.15) is 10.3 Å². The maximum Gasteiger partial charge on any atom is 0.252 e. The maximum atomic E-state index is 12.6. The van der Waals surface area contributed by atoms with Crippen LogP contribution in [0.2, 0.25) is 5.02 Å². The zero-order valence-corrected chi connectivity index (χ0v) is 19.0. The van der Waals surface area contributed by atoms with E-state index in [0.29, 0.717) is 15.5 Å². The molecule has 1 aromatic heterocycles. The van der Waals surface area contributed by atoms with E-state index in [0.717, 1.165) is 15.6 Å². The SMILES string of the molecule is CC(C)C(NC(=O)c1ccc(Cl)cc1)C(=O)NCc1ccc(S(=O)(=O)N(C)C)s1. The van der Waals surface area contributed by atoms with Crippen molar-refractivity contribution >= 4 is 44.8 Å². The van der Waals surface area contributed by atoms with Crippen LogP contribution < -0.4 is 10.6 Å². The maximum absolute atomic E-state index is 12.6. The highest BCUT2D eigenvalue weighted by Gasteiger charge is 2.25. The number of benzene rings is 1. The van der Waals surface area contributed by atoms with Gasteiger partial charge >= 0.3 is 0 Å². The van der Waals surface area contributed by atoms with E-state index in [-0.39, 0.29) is 28.5 Å². The van der Waals surface area contributed by atoms with Crippen molar-refractivity contribution in [2.45, 2.75) is 30.6 Å². The first-order valence-electron chi connectivity index (χ1n) is 8.87. The molecule has 1 heterocycles. The molecule has 1 aromatic carbocycles. The Hall–Kier alpha value is -1.94. The second-order valence-corrected chi connectivity index (χ2v) is 10.9. The zero-order chi connectivity index (χ0) is 21.8. The van der Waals surface area contributed by atoms with Gasteiger partial charge in [0.25, 0.3) is 15.9 Å². The Labute approximate surface area is 180 Å². The van der Waals surface area contributed by atoms with Gasteiger partial charge in [-0.15, -0.1) is 11.3 Å². The Morgan fingerprint density at radius 1 is 1.10 bits per heavy atom. The fourth-order valence-electron chi connectivity index (χ4n) is 2.42. The van der Waals surface area contributed by atoms with E-state index in [2.05, 4.69) is 10.6 Å². The summed E-state index contributed by atoms with van der Waals surface area (Å²) in [7, 11) is -0.571. The van der Waals surface area contributed by atoms with Gasteiger partial charge in [0.2, 0.25) is 5.91 Å². The first-order chi connectivity index (χ1) is 13.5. The van der Waals surface area contributed by atoms with Crippen molar-refractivity contribution in [2.75, 3.05) is 14.1 Å². The van der Waals surface area contributed by atoms with Crippen molar-refractivity contribution in [3.05, 3.63) is 51.9 Å². The summed E-state index contributed by atoms with van der Waals surface area (Å²) >= 11 is 6.93. The minimum Gasteiger partial charge on any atom is -0.349 e. The number of sulfonamides is 1. The molecule has 2 rings (SSSR count). The third kappa shape index (κ3) is 6.02. The summed E-state index contributed by atoms with van der Waals surface area (Å²) in [6.45, 7) is 3.84. The van der Waals surface area contributed by atoms with E-state index in [1.165, 1.54) is 20.2 Å². The molecule has 1 unspecified atom stereocenters. The zero-order valence-electron chi connectivity index (χ0n) is 16.6. The third-order valence-corrected chi connectivity index (χ3v) is 7.77. The molecule has 0 aliphatic rings. The Morgan fingerprint density at radius 3 is 2.28 bits per heavy atom. The highest BCUT2D eigenvalue weighted by Crippen LogP contribution is 2.23. The molecular weight excluding hydrogens is 434 g/mol. The number of rotatable bonds is 8. The van der Waals surface area contributed by atoms with Crippen LogP contribution in [0, 0.1) is 5.92 Å². The molecule has 0 saturated heterocycles. The standard InChI is InChI=1S/C19H24ClN3O4S2/c1-12(2)17(22-18(24)13-5-7-14(20)8-6-13)19(25)21-11-15-9-10-16(28-15)29(26,27)23(3)4/h5-10,12,17H,11H2,1-4H3,(H,21,25)(H,22,24). The number of halogens is 1. The highest BCUT2D eigenvalue weighted by atomic mass is 35.5. The minimum absolute atomic E-state index is 0.140. The summed E-state index contributed by atoms with van der Waals surface area (Å²) in [4.78, 5) is 25.7. The van der Waals surface area contributed by atoms with Gasteiger partial charge in [-0.2, -0.15) is 0 Å². The van der Waals surface area contributed by atoms with Crippen LogP contribution in [-0.2, 0) is 21.4 Å². The Balaban J connectivity index is 2.02. The normalized spacial score (nSPS) is 12.8. The number of carbonyl (C=O) groups excluding carboxylic acids is 2. The van der Waals surface area contributed by atoms with Gasteiger partial charge in [-0.05, 0) is 42.3 Å². The van der Waals surface area contributed by atoms with Gasteiger partial charge < -0.3 is 10.6 Å². The van der Waals surface area contributed by atoms with Crippen LogP contribution in [-0.4, -0.2) is 44.7 Å². The Bertz CT molecular complexity index is 970. The molecule has 29 heavy (non-hydrogen) atoms. The van der Waals surface area contributed by atoms with E-state index in [1.54, 1.807) is 30.3 Å². The molecule has 2 aromatic rings. The molecule has 2 amide bonds. The van der Waals surface area contributed by atoms with E-state index >= 15 is 0 Å². The van der Waals surface area contributed by atoms with Gasteiger partial charge in [0.15, 0.2) is 0 Å². The lowest BCUT2D eigenvalue weighted by molar-refractivity contribution is -0.124. The summed E-state index contributed by atoms with van der Waals surface area (Å²) in [5.74, 6) is -0.849.